The van der Waals surface area contributed by atoms with Crippen LogP contribution in [-0.2, 0) is 11.8 Å². The van der Waals surface area contributed by atoms with Gasteiger partial charge in [-0.05, 0) is 57.7 Å². The average Bonchev–Trinajstić information content (AvgIpc) is 3.61. The van der Waals surface area contributed by atoms with E-state index in [9.17, 15) is 8.78 Å². The summed E-state index contributed by atoms with van der Waals surface area (Å²) in [5.74, 6) is -0.202. The van der Waals surface area contributed by atoms with E-state index in [0.717, 1.165) is 29.6 Å². The Kier molecular flexibility index (Phi) is 5.32. The van der Waals surface area contributed by atoms with Crippen molar-refractivity contribution >= 4 is 11.2 Å². The van der Waals surface area contributed by atoms with Crippen LogP contribution in [0.25, 0.3) is 22.4 Å². The summed E-state index contributed by atoms with van der Waals surface area (Å²) in [5, 5.41) is 4.69. The molecule has 180 valence electrons. The highest BCUT2D eigenvalue weighted by Gasteiger charge is 2.33. The van der Waals surface area contributed by atoms with Gasteiger partial charge in [-0.25, -0.2) is 28.7 Å². The summed E-state index contributed by atoms with van der Waals surface area (Å²) in [7, 11) is 1.96. The van der Waals surface area contributed by atoms with Gasteiger partial charge in [-0.15, -0.1) is 0 Å². The fraction of sp³-hybridized carbons (Fsp3) is 0.423. The molecule has 0 N–H and O–H groups in total. The summed E-state index contributed by atoms with van der Waals surface area (Å²) >= 11 is 0. The molecular weight excluding hydrogens is 450 g/mol. The molecule has 1 aromatic carbocycles. The van der Waals surface area contributed by atoms with E-state index in [1.54, 1.807) is 0 Å². The van der Waals surface area contributed by atoms with E-state index in [-0.39, 0.29) is 17.6 Å². The second-order valence-corrected chi connectivity index (χ2v) is 9.59. The van der Waals surface area contributed by atoms with Crippen molar-refractivity contribution in [1.82, 2.24) is 29.7 Å². The fourth-order valence-corrected chi connectivity index (χ4v) is 4.80. The SMILES string of the molecule is Cc1nc2nc([C@@H]3CCO[C@H](c4cc(C5CC5)nn4C)C3)nc(-c3ccc(F)cc3F)c2nc1C. The summed E-state index contributed by atoms with van der Waals surface area (Å²) in [6, 6.07) is 5.64. The predicted molar refractivity (Wildman–Crippen MR) is 126 cm³/mol. The molecule has 1 saturated carbocycles. The van der Waals surface area contributed by atoms with Crippen LogP contribution in [0.15, 0.2) is 24.3 Å². The molecule has 1 aliphatic carbocycles. The monoisotopic (exact) mass is 476 g/mol. The largest absolute Gasteiger partial charge is 0.372 e. The van der Waals surface area contributed by atoms with Crippen LogP contribution in [-0.4, -0.2) is 36.3 Å². The van der Waals surface area contributed by atoms with E-state index >= 15 is 0 Å². The normalized spacial score (nSPS) is 20.5. The zero-order valence-corrected chi connectivity index (χ0v) is 19.9. The molecule has 0 unspecified atom stereocenters. The number of ether oxygens (including phenoxy) is 1. The topological polar surface area (TPSA) is 78.6 Å². The van der Waals surface area contributed by atoms with Crippen LogP contribution >= 0.6 is 0 Å². The van der Waals surface area contributed by atoms with Gasteiger partial charge in [-0.1, -0.05) is 0 Å². The highest BCUT2D eigenvalue weighted by atomic mass is 19.1. The minimum Gasteiger partial charge on any atom is -0.372 e. The van der Waals surface area contributed by atoms with Gasteiger partial charge >= 0.3 is 0 Å². The average molecular weight is 477 g/mol. The molecule has 3 aromatic heterocycles. The van der Waals surface area contributed by atoms with Crippen molar-refractivity contribution in [1.29, 1.82) is 0 Å². The van der Waals surface area contributed by atoms with Gasteiger partial charge in [0.1, 0.15) is 28.7 Å². The molecule has 2 atom stereocenters. The Morgan fingerprint density at radius 3 is 2.51 bits per heavy atom. The molecule has 0 bridgehead atoms. The highest BCUT2D eigenvalue weighted by Crippen LogP contribution is 2.42. The molecule has 4 heterocycles. The van der Waals surface area contributed by atoms with E-state index in [1.807, 2.05) is 25.6 Å². The summed E-state index contributed by atoms with van der Waals surface area (Å²) in [6.45, 7) is 4.26. The molecule has 2 aliphatic rings. The number of fused-ring (bicyclic) bond motifs is 1. The van der Waals surface area contributed by atoms with Gasteiger partial charge < -0.3 is 4.74 Å². The van der Waals surface area contributed by atoms with Crippen molar-refractivity contribution in [2.45, 2.75) is 57.5 Å². The van der Waals surface area contributed by atoms with Crippen molar-refractivity contribution in [3.8, 4) is 11.3 Å². The lowest BCUT2D eigenvalue weighted by atomic mass is 9.92. The first-order chi connectivity index (χ1) is 16.9. The van der Waals surface area contributed by atoms with Gasteiger partial charge in [0, 0.05) is 37.1 Å². The maximum atomic E-state index is 14.8. The van der Waals surface area contributed by atoms with E-state index in [1.165, 1.54) is 25.0 Å². The molecule has 1 saturated heterocycles. The van der Waals surface area contributed by atoms with Crippen LogP contribution in [0.1, 0.15) is 72.2 Å². The molecule has 2 fully saturated rings. The first kappa shape index (κ1) is 22.2. The molecule has 0 radical (unpaired) electrons. The molecule has 4 aromatic rings. The number of aromatic nitrogens is 6. The second-order valence-electron chi connectivity index (χ2n) is 9.59. The third-order valence-corrected chi connectivity index (χ3v) is 7.06. The Labute approximate surface area is 201 Å². The van der Waals surface area contributed by atoms with Crippen molar-refractivity contribution in [2.24, 2.45) is 7.05 Å². The molecular formula is C26H26F2N6O. The molecule has 0 spiro atoms. The van der Waals surface area contributed by atoms with Crippen LogP contribution in [0.5, 0.6) is 0 Å². The maximum Gasteiger partial charge on any atom is 0.182 e. The third-order valence-electron chi connectivity index (χ3n) is 7.06. The smallest absolute Gasteiger partial charge is 0.182 e. The lowest BCUT2D eigenvalue weighted by Crippen LogP contribution is -2.22. The summed E-state index contributed by atoms with van der Waals surface area (Å²) in [6.07, 6.45) is 3.67. The van der Waals surface area contributed by atoms with E-state index in [4.69, 9.17) is 14.7 Å². The Morgan fingerprint density at radius 2 is 1.74 bits per heavy atom. The lowest BCUT2D eigenvalue weighted by Gasteiger charge is -2.29. The van der Waals surface area contributed by atoms with Crippen molar-refractivity contribution in [3.05, 3.63) is 64.5 Å². The first-order valence-corrected chi connectivity index (χ1v) is 12.0. The molecule has 6 rings (SSSR count). The van der Waals surface area contributed by atoms with Gasteiger partial charge in [-0.3, -0.25) is 4.68 Å². The molecule has 0 amide bonds. The first-order valence-electron chi connectivity index (χ1n) is 12.0. The van der Waals surface area contributed by atoms with Crippen LogP contribution in [0, 0.1) is 25.5 Å². The Bertz CT molecular complexity index is 1450. The summed E-state index contributed by atoms with van der Waals surface area (Å²) < 4.78 is 36.5. The number of halogens is 2. The molecule has 9 heteroatoms. The maximum absolute atomic E-state index is 14.8. The van der Waals surface area contributed by atoms with Crippen LogP contribution < -0.4 is 0 Å². The Balaban J connectivity index is 1.42. The second kappa shape index (κ2) is 8.41. The van der Waals surface area contributed by atoms with Gasteiger partial charge in [0.15, 0.2) is 5.65 Å². The summed E-state index contributed by atoms with van der Waals surface area (Å²) in [5.41, 5.74) is 4.98. The fourth-order valence-electron chi connectivity index (χ4n) is 4.80. The van der Waals surface area contributed by atoms with Gasteiger partial charge in [0.2, 0.25) is 0 Å². The zero-order valence-electron chi connectivity index (χ0n) is 19.9. The Hall–Kier alpha value is -3.33. The minimum atomic E-state index is -0.691. The van der Waals surface area contributed by atoms with Crippen molar-refractivity contribution in [3.63, 3.8) is 0 Å². The number of nitrogens with zero attached hydrogens (tertiary/aromatic N) is 6. The molecule has 35 heavy (non-hydrogen) atoms. The van der Waals surface area contributed by atoms with Gasteiger partial charge in [0.05, 0.1) is 28.9 Å². The molecule has 7 nitrogen and oxygen atoms in total. The number of hydrogen-bond donors (Lipinski definition) is 0. The summed E-state index contributed by atoms with van der Waals surface area (Å²) in [4.78, 5) is 18.8. The quantitative estimate of drug-likeness (QED) is 0.401. The standard InChI is InChI=1S/C26H26F2N6O/c1-13-14(2)30-26-24(29-13)23(18-7-6-17(27)11-19(18)28)31-25(32-26)16-8-9-35-22(10-16)21-12-20(15-4-5-15)33-34(21)3/h6-7,11-12,15-16,22H,4-5,8-10H2,1-3H3/t16-,22+/m1/s1. The van der Waals surface area contributed by atoms with Crippen molar-refractivity contribution < 1.29 is 13.5 Å². The van der Waals surface area contributed by atoms with Crippen molar-refractivity contribution in [2.75, 3.05) is 6.61 Å². The van der Waals surface area contributed by atoms with Gasteiger partial charge in [-0.2, -0.15) is 5.10 Å². The van der Waals surface area contributed by atoms with Gasteiger partial charge in [0.25, 0.3) is 0 Å². The minimum absolute atomic E-state index is 0.0110. The van der Waals surface area contributed by atoms with E-state index in [2.05, 4.69) is 21.1 Å². The van der Waals surface area contributed by atoms with Crippen LogP contribution in [0.3, 0.4) is 0 Å². The number of benzene rings is 1. The van der Waals surface area contributed by atoms with Crippen LogP contribution in [0.4, 0.5) is 8.78 Å². The predicted octanol–water partition coefficient (Wildman–Crippen LogP) is 5.23. The highest BCUT2D eigenvalue weighted by molar-refractivity contribution is 5.87. The number of hydrogen-bond acceptors (Lipinski definition) is 6. The number of aryl methyl sites for hydroxylation is 3. The third kappa shape index (κ3) is 4.07. The Morgan fingerprint density at radius 1 is 0.943 bits per heavy atom. The zero-order chi connectivity index (χ0) is 24.3. The molecule has 1 aliphatic heterocycles. The van der Waals surface area contributed by atoms with Crippen LogP contribution in [0.2, 0.25) is 0 Å². The van der Waals surface area contributed by atoms with E-state index < -0.39 is 11.6 Å². The number of rotatable bonds is 4. The lowest BCUT2D eigenvalue weighted by molar-refractivity contribution is -0.000640. The van der Waals surface area contributed by atoms with E-state index in [0.29, 0.717) is 47.3 Å².